The van der Waals surface area contributed by atoms with Crippen LogP contribution >= 0.6 is 0 Å². The molecule has 1 N–H and O–H groups in total. The molecule has 2 fully saturated rings. The lowest BCUT2D eigenvalue weighted by Crippen LogP contribution is -2.42. The molecule has 2 heterocycles. The average Bonchev–Trinajstić information content (AvgIpc) is 2.79. The molecule has 1 atom stereocenters. The number of hydrogen-bond acceptors (Lipinski definition) is 3. The maximum Gasteiger partial charge on any atom is 0.226 e. The van der Waals surface area contributed by atoms with Gasteiger partial charge >= 0.3 is 0 Å². The minimum atomic E-state index is 0.0364. The Morgan fingerprint density at radius 2 is 1.80 bits per heavy atom. The van der Waals surface area contributed by atoms with Crippen LogP contribution in [0.4, 0.5) is 5.69 Å². The molecule has 2 amide bonds. The molecule has 158 valence electrons. The molecular weight excluding hydrogens is 374 g/mol. The molecule has 4 rings (SSSR count). The fourth-order valence-corrected chi connectivity index (χ4v) is 4.50. The minimum Gasteiger partial charge on any atom is -0.352 e. The number of nitrogens with one attached hydrogen (secondary N) is 1. The Kier molecular flexibility index (Phi) is 6.80. The molecule has 2 aliphatic rings. The Balaban J connectivity index is 1.31. The van der Waals surface area contributed by atoms with Gasteiger partial charge in [-0.3, -0.25) is 14.5 Å². The first-order chi connectivity index (χ1) is 14.7. The number of benzene rings is 2. The number of anilines is 1. The number of carbonyl (C=O) groups excluding carboxylic acids is 2. The summed E-state index contributed by atoms with van der Waals surface area (Å²) in [4.78, 5) is 29.3. The highest BCUT2D eigenvalue weighted by Crippen LogP contribution is 2.22. The zero-order valence-corrected chi connectivity index (χ0v) is 17.6. The first-order valence-corrected chi connectivity index (χ1v) is 11.1. The summed E-state index contributed by atoms with van der Waals surface area (Å²) < 4.78 is 0. The van der Waals surface area contributed by atoms with Crippen LogP contribution in [0, 0.1) is 5.92 Å². The Labute approximate surface area is 179 Å². The van der Waals surface area contributed by atoms with E-state index < -0.39 is 0 Å². The molecule has 0 aromatic heterocycles. The lowest BCUT2D eigenvalue weighted by Gasteiger charge is -2.32. The summed E-state index contributed by atoms with van der Waals surface area (Å²) in [6, 6.07) is 18.5. The van der Waals surface area contributed by atoms with Crippen LogP contribution in [0.15, 0.2) is 54.6 Å². The van der Waals surface area contributed by atoms with E-state index >= 15 is 0 Å². The van der Waals surface area contributed by atoms with Gasteiger partial charge < -0.3 is 10.2 Å². The molecule has 0 spiro atoms. The number of rotatable bonds is 6. The molecule has 2 aromatic carbocycles. The molecule has 0 radical (unpaired) electrons. The molecule has 2 saturated heterocycles. The first-order valence-electron chi connectivity index (χ1n) is 11.1. The summed E-state index contributed by atoms with van der Waals surface area (Å²) in [5.41, 5.74) is 3.27. The van der Waals surface area contributed by atoms with Crippen molar-refractivity contribution in [2.24, 2.45) is 5.92 Å². The van der Waals surface area contributed by atoms with Gasteiger partial charge in [0, 0.05) is 38.3 Å². The summed E-state index contributed by atoms with van der Waals surface area (Å²) in [6.45, 7) is 4.04. The van der Waals surface area contributed by atoms with Gasteiger partial charge in [0.1, 0.15) is 0 Å². The van der Waals surface area contributed by atoms with E-state index in [0.717, 1.165) is 63.1 Å². The predicted molar refractivity (Wildman–Crippen MR) is 119 cm³/mol. The van der Waals surface area contributed by atoms with Crippen LogP contribution in [0.1, 0.15) is 43.2 Å². The summed E-state index contributed by atoms with van der Waals surface area (Å²) in [7, 11) is 0. The third-order valence-electron chi connectivity index (χ3n) is 6.14. The smallest absolute Gasteiger partial charge is 0.226 e. The zero-order valence-electron chi connectivity index (χ0n) is 17.6. The Hall–Kier alpha value is -2.66. The van der Waals surface area contributed by atoms with Crippen LogP contribution in [-0.2, 0) is 22.7 Å². The van der Waals surface area contributed by atoms with Crippen LogP contribution in [0.3, 0.4) is 0 Å². The number of nitrogens with zero attached hydrogens (tertiary/aromatic N) is 2. The second kappa shape index (κ2) is 9.90. The van der Waals surface area contributed by atoms with Crippen LogP contribution < -0.4 is 10.2 Å². The maximum absolute atomic E-state index is 12.8. The predicted octanol–water partition coefficient (Wildman–Crippen LogP) is 3.73. The van der Waals surface area contributed by atoms with Crippen molar-refractivity contribution < 1.29 is 9.59 Å². The molecule has 30 heavy (non-hydrogen) atoms. The lowest BCUT2D eigenvalue weighted by atomic mass is 9.96. The Morgan fingerprint density at radius 3 is 2.63 bits per heavy atom. The molecule has 0 aliphatic carbocycles. The Bertz CT molecular complexity index is 868. The first kappa shape index (κ1) is 20.6. The second-order valence-corrected chi connectivity index (χ2v) is 8.45. The van der Waals surface area contributed by atoms with Crippen molar-refractivity contribution in [3.8, 4) is 0 Å². The van der Waals surface area contributed by atoms with Crippen LogP contribution in [0.25, 0.3) is 0 Å². The topological polar surface area (TPSA) is 52.7 Å². The molecule has 0 saturated carbocycles. The van der Waals surface area contributed by atoms with E-state index in [9.17, 15) is 9.59 Å². The van der Waals surface area contributed by atoms with Gasteiger partial charge in [-0.25, -0.2) is 0 Å². The van der Waals surface area contributed by atoms with Gasteiger partial charge in [-0.15, -0.1) is 0 Å². The fourth-order valence-electron chi connectivity index (χ4n) is 4.50. The van der Waals surface area contributed by atoms with E-state index in [2.05, 4.69) is 34.5 Å². The number of piperidine rings is 2. The van der Waals surface area contributed by atoms with Crippen molar-refractivity contribution in [2.45, 2.75) is 45.2 Å². The molecule has 5 nitrogen and oxygen atoms in total. The standard InChI is InChI=1S/C25H31N3O2/c29-24-13-4-5-15-28(24)23-12-6-10-21(16-23)17-26-25(30)22-11-7-14-27(19-22)18-20-8-2-1-3-9-20/h1-3,6,8-10,12,16,22H,4-5,7,11,13-15,17-19H2,(H,26,30). The normalized spacial score (nSPS) is 20.2. The van der Waals surface area contributed by atoms with Crippen molar-refractivity contribution in [2.75, 3.05) is 24.5 Å². The lowest BCUT2D eigenvalue weighted by molar-refractivity contribution is -0.127. The van der Waals surface area contributed by atoms with Crippen LogP contribution in [0.5, 0.6) is 0 Å². The molecule has 1 unspecified atom stereocenters. The highest BCUT2D eigenvalue weighted by molar-refractivity contribution is 5.94. The van der Waals surface area contributed by atoms with E-state index in [1.807, 2.05) is 35.2 Å². The maximum atomic E-state index is 12.8. The van der Waals surface area contributed by atoms with Crippen LogP contribution in [0.2, 0.25) is 0 Å². The highest BCUT2D eigenvalue weighted by Gasteiger charge is 2.26. The van der Waals surface area contributed by atoms with Crippen LogP contribution in [-0.4, -0.2) is 36.3 Å². The minimum absolute atomic E-state index is 0.0364. The summed E-state index contributed by atoms with van der Waals surface area (Å²) in [6.07, 6.45) is 4.65. The molecule has 2 aromatic rings. The van der Waals surface area contributed by atoms with Gasteiger partial charge in [-0.05, 0) is 55.5 Å². The van der Waals surface area contributed by atoms with E-state index in [0.29, 0.717) is 13.0 Å². The van der Waals surface area contributed by atoms with E-state index in [4.69, 9.17) is 0 Å². The van der Waals surface area contributed by atoms with E-state index in [-0.39, 0.29) is 17.7 Å². The van der Waals surface area contributed by atoms with Crippen molar-refractivity contribution in [1.82, 2.24) is 10.2 Å². The van der Waals surface area contributed by atoms with Crippen molar-refractivity contribution in [1.29, 1.82) is 0 Å². The monoisotopic (exact) mass is 405 g/mol. The van der Waals surface area contributed by atoms with Gasteiger partial charge in [0.15, 0.2) is 0 Å². The highest BCUT2D eigenvalue weighted by atomic mass is 16.2. The van der Waals surface area contributed by atoms with Crippen molar-refractivity contribution in [3.05, 3.63) is 65.7 Å². The summed E-state index contributed by atoms with van der Waals surface area (Å²) in [5, 5.41) is 3.13. The Morgan fingerprint density at radius 1 is 0.967 bits per heavy atom. The molecular formula is C25H31N3O2. The molecule has 5 heteroatoms. The average molecular weight is 406 g/mol. The van der Waals surface area contributed by atoms with E-state index in [1.54, 1.807) is 0 Å². The van der Waals surface area contributed by atoms with Crippen molar-refractivity contribution >= 4 is 17.5 Å². The third kappa shape index (κ3) is 5.28. The number of amides is 2. The third-order valence-corrected chi connectivity index (χ3v) is 6.14. The summed E-state index contributed by atoms with van der Waals surface area (Å²) in [5.74, 6) is 0.365. The van der Waals surface area contributed by atoms with Gasteiger partial charge in [0.2, 0.25) is 11.8 Å². The van der Waals surface area contributed by atoms with Gasteiger partial charge in [-0.1, -0.05) is 42.5 Å². The quantitative estimate of drug-likeness (QED) is 0.797. The van der Waals surface area contributed by atoms with Crippen molar-refractivity contribution in [3.63, 3.8) is 0 Å². The fraction of sp³-hybridized carbons (Fsp3) is 0.440. The number of carbonyl (C=O) groups is 2. The zero-order chi connectivity index (χ0) is 20.8. The summed E-state index contributed by atoms with van der Waals surface area (Å²) >= 11 is 0. The molecule has 0 bridgehead atoms. The number of hydrogen-bond donors (Lipinski definition) is 1. The van der Waals surface area contributed by atoms with Gasteiger partial charge in [-0.2, -0.15) is 0 Å². The largest absolute Gasteiger partial charge is 0.352 e. The number of likely N-dealkylation sites (tertiary alicyclic amines) is 1. The van der Waals surface area contributed by atoms with Gasteiger partial charge in [0.25, 0.3) is 0 Å². The van der Waals surface area contributed by atoms with Gasteiger partial charge in [0.05, 0.1) is 5.92 Å². The molecule has 2 aliphatic heterocycles. The van der Waals surface area contributed by atoms with E-state index in [1.165, 1.54) is 5.56 Å². The SMILES string of the molecule is O=C(NCc1cccc(N2CCCCC2=O)c1)C1CCCN(Cc2ccccc2)C1. The second-order valence-electron chi connectivity index (χ2n) is 8.45.